The topological polar surface area (TPSA) is 51.2 Å². The van der Waals surface area contributed by atoms with E-state index in [1.54, 1.807) is 0 Å². The number of anilines is 1. The molecule has 0 spiro atoms. The van der Waals surface area contributed by atoms with Gasteiger partial charge in [0.05, 0.1) is 16.1 Å². The fraction of sp³-hybridized carbons (Fsp3) is 0.130. The summed E-state index contributed by atoms with van der Waals surface area (Å²) in [6.07, 6.45) is 0. The minimum atomic E-state index is -0.434. The van der Waals surface area contributed by atoms with Crippen LogP contribution in [0.5, 0.6) is 11.5 Å². The monoisotopic (exact) mass is 386 g/mol. The Kier molecular flexibility index (Phi) is 3.91. The van der Waals surface area contributed by atoms with E-state index >= 15 is 0 Å². The van der Waals surface area contributed by atoms with E-state index in [2.05, 4.69) is 30.2 Å². The minimum absolute atomic E-state index is 0.100. The number of aryl methyl sites for hydroxylation is 2. The molecule has 0 bridgehead atoms. The van der Waals surface area contributed by atoms with Crippen LogP contribution in [-0.4, -0.2) is 10.9 Å². The zero-order valence-corrected chi connectivity index (χ0v) is 16.3. The van der Waals surface area contributed by atoms with Gasteiger partial charge in [-0.2, -0.15) is 0 Å². The van der Waals surface area contributed by atoms with E-state index in [0.29, 0.717) is 5.13 Å². The molecule has 2 heterocycles. The normalized spacial score (nSPS) is 12.9. The van der Waals surface area contributed by atoms with Crippen molar-refractivity contribution >= 4 is 32.6 Å². The Morgan fingerprint density at radius 2 is 1.64 bits per heavy atom. The molecule has 0 fully saturated rings. The molecular formula is C23H18N2O2S. The highest BCUT2D eigenvalue weighted by atomic mass is 32.1. The van der Waals surface area contributed by atoms with E-state index in [1.165, 1.54) is 22.5 Å². The third kappa shape index (κ3) is 2.75. The summed E-state index contributed by atoms with van der Waals surface area (Å²) in [6, 6.07) is 19.6. The third-order valence-corrected chi connectivity index (χ3v) is 6.11. The highest BCUT2D eigenvalue weighted by molar-refractivity contribution is 7.22. The Morgan fingerprint density at radius 1 is 1.00 bits per heavy atom. The minimum Gasteiger partial charge on any atom is -0.457 e. The van der Waals surface area contributed by atoms with Crippen molar-refractivity contribution in [2.75, 3.05) is 5.32 Å². The van der Waals surface area contributed by atoms with Gasteiger partial charge in [0.2, 0.25) is 5.91 Å². The third-order valence-electron chi connectivity index (χ3n) is 4.99. The standard InChI is InChI=1S/C23H18N2O2S/c1-13-11-14(2)21-17(12-13)24-23(28-21)25-22(26)20-15-7-3-5-9-18(15)27-19-10-6-4-8-16(19)20/h3-12,20H,1-2H3,(H,24,25,26). The summed E-state index contributed by atoms with van der Waals surface area (Å²) in [4.78, 5) is 18.0. The van der Waals surface area contributed by atoms with Crippen molar-refractivity contribution in [3.05, 3.63) is 82.9 Å². The first-order chi connectivity index (χ1) is 13.6. The molecule has 28 heavy (non-hydrogen) atoms. The lowest BCUT2D eigenvalue weighted by molar-refractivity contribution is -0.116. The number of hydrogen-bond donors (Lipinski definition) is 1. The molecule has 138 valence electrons. The lowest BCUT2D eigenvalue weighted by Crippen LogP contribution is -2.24. The second-order valence-corrected chi connectivity index (χ2v) is 8.05. The van der Waals surface area contributed by atoms with Crippen LogP contribution in [0.4, 0.5) is 5.13 Å². The first kappa shape index (κ1) is 17.0. The lowest BCUT2D eigenvalue weighted by atomic mass is 9.87. The Balaban J connectivity index is 1.55. The van der Waals surface area contributed by atoms with E-state index in [1.807, 2.05) is 54.6 Å². The van der Waals surface area contributed by atoms with Gasteiger partial charge in [-0.25, -0.2) is 4.98 Å². The van der Waals surface area contributed by atoms with Gasteiger partial charge in [-0.1, -0.05) is 53.8 Å². The van der Waals surface area contributed by atoms with Gasteiger partial charge >= 0.3 is 0 Å². The number of rotatable bonds is 2. The van der Waals surface area contributed by atoms with Gasteiger partial charge in [-0.05, 0) is 43.2 Å². The smallest absolute Gasteiger partial charge is 0.238 e. The van der Waals surface area contributed by atoms with Gasteiger partial charge in [0.15, 0.2) is 5.13 Å². The van der Waals surface area contributed by atoms with Crippen molar-refractivity contribution in [3.63, 3.8) is 0 Å². The van der Waals surface area contributed by atoms with E-state index in [9.17, 15) is 4.79 Å². The van der Waals surface area contributed by atoms with E-state index in [-0.39, 0.29) is 5.91 Å². The number of carbonyl (C=O) groups is 1. The number of amides is 1. The predicted octanol–water partition coefficient (Wildman–Crippen LogP) is 5.79. The summed E-state index contributed by atoms with van der Waals surface area (Å²) in [5.41, 5.74) is 5.00. The summed E-state index contributed by atoms with van der Waals surface area (Å²) in [7, 11) is 0. The van der Waals surface area contributed by atoms with Crippen LogP contribution >= 0.6 is 11.3 Å². The average Bonchev–Trinajstić information content (AvgIpc) is 3.08. The molecule has 3 aromatic carbocycles. The molecule has 0 aliphatic carbocycles. The fourth-order valence-corrected chi connectivity index (χ4v) is 4.72. The van der Waals surface area contributed by atoms with Crippen molar-refractivity contribution in [1.82, 2.24) is 4.98 Å². The second-order valence-electron chi connectivity index (χ2n) is 7.05. The number of aromatic nitrogens is 1. The number of hydrogen-bond acceptors (Lipinski definition) is 4. The van der Waals surface area contributed by atoms with Crippen LogP contribution in [0, 0.1) is 13.8 Å². The number of benzene rings is 3. The molecule has 0 unspecified atom stereocenters. The van der Waals surface area contributed by atoms with Gasteiger partial charge in [0.1, 0.15) is 11.5 Å². The molecule has 5 rings (SSSR count). The quantitative estimate of drug-likeness (QED) is 0.474. The van der Waals surface area contributed by atoms with Crippen molar-refractivity contribution in [2.24, 2.45) is 0 Å². The van der Waals surface area contributed by atoms with E-state index < -0.39 is 5.92 Å². The van der Waals surface area contributed by atoms with Gasteiger partial charge in [0.25, 0.3) is 0 Å². The molecule has 0 saturated carbocycles. The first-order valence-electron chi connectivity index (χ1n) is 9.14. The Morgan fingerprint density at radius 3 is 2.32 bits per heavy atom. The molecular weight excluding hydrogens is 368 g/mol. The first-order valence-corrected chi connectivity index (χ1v) is 9.96. The molecule has 0 saturated heterocycles. The molecule has 1 N–H and O–H groups in total. The van der Waals surface area contributed by atoms with Gasteiger partial charge < -0.3 is 10.1 Å². The molecule has 1 aromatic heterocycles. The molecule has 1 amide bonds. The zero-order chi connectivity index (χ0) is 19.3. The Bertz CT molecular complexity index is 1180. The molecule has 4 nitrogen and oxygen atoms in total. The molecule has 1 aliphatic rings. The average molecular weight is 386 g/mol. The van der Waals surface area contributed by atoms with Crippen LogP contribution < -0.4 is 10.1 Å². The molecule has 0 radical (unpaired) electrons. The van der Waals surface area contributed by atoms with Crippen molar-refractivity contribution in [2.45, 2.75) is 19.8 Å². The number of para-hydroxylation sites is 2. The summed E-state index contributed by atoms with van der Waals surface area (Å²) >= 11 is 1.51. The summed E-state index contributed by atoms with van der Waals surface area (Å²) in [5.74, 6) is 0.905. The Hall–Kier alpha value is -3.18. The van der Waals surface area contributed by atoms with Gasteiger partial charge in [-0.15, -0.1) is 0 Å². The summed E-state index contributed by atoms with van der Waals surface area (Å²) in [6.45, 7) is 4.13. The van der Waals surface area contributed by atoms with Crippen LogP contribution in [-0.2, 0) is 4.79 Å². The van der Waals surface area contributed by atoms with E-state index in [4.69, 9.17) is 4.74 Å². The maximum absolute atomic E-state index is 13.3. The van der Waals surface area contributed by atoms with Crippen LogP contribution in [0.15, 0.2) is 60.7 Å². The second kappa shape index (κ2) is 6.46. The van der Waals surface area contributed by atoms with Crippen LogP contribution in [0.1, 0.15) is 28.2 Å². The maximum Gasteiger partial charge on any atom is 0.238 e. The van der Waals surface area contributed by atoms with Crippen molar-refractivity contribution < 1.29 is 9.53 Å². The lowest BCUT2D eigenvalue weighted by Gasteiger charge is -2.27. The number of carbonyl (C=O) groups excluding carboxylic acids is 1. The Labute approximate surface area is 166 Å². The molecule has 4 aromatic rings. The zero-order valence-electron chi connectivity index (χ0n) is 15.5. The van der Waals surface area contributed by atoms with Crippen LogP contribution in [0.3, 0.4) is 0 Å². The van der Waals surface area contributed by atoms with Gasteiger partial charge in [-0.3, -0.25) is 4.79 Å². The highest BCUT2D eigenvalue weighted by Crippen LogP contribution is 2.44. The number of thiazole rings is 1. The summed E-state index contributed by atoms with van der Waals surface area (Å²) in [5, 5.41) is 3.66. The fourth-order valence-electron chi connectivity index (χ4n) is 3.80. The molecule has 5 heteroatoms. The van der Waals surface area contributed by atoms with Crippen LogP contribution in [0.2, 0.25) is 0 Å². The molecule has 1 aliphatic heterocycles. The number of fused-ring (bicyclic) bond motifs is 3. The van der Waals surface area contributed by atoms with Crippen LogP contribution in [0.25, 0.3) is 10.2 Å². The summed E-state index contributed by atoms with van der Waals surface area (Å²) < 4.78 is 7.10. The predicted molar refractivity (Wildman–Crippen MR) is 113 cm³/mol. The number of nitrogens with one attached hydrogen (secondary N) is 1. The highest BCUT2D eigenvalue weighted by Gasteiger charge is 2.32. The van der Waals surface area contributed by atoms with Gasteiger partial charge in [0, 0.05) is 11.1 Å². The maximum atomic E-state index is 13.3. The molecule has 0 atom stereocenters. The largest absolute Gasteiger partial charge is 0.457 e. The van der Waals surface area contributed by atoms with Crippen molar-refractivity contribution in [3.8, 4) is 11.5 Å². The number of ether oxygens (including phenoxy) is 1. The van der Waals surface area contributed by atoms with Crippen molar-refractivity contribution in [1.29, 1.82) is 0 Å². The number of nitrogens with zero attached hydrogens (tertiary/aromatic N) is 1. The van der Waals surface area contributed by atoms with E-state index in [0.717, 1.165) is 32.8 Å². The SMILES string of the molecule is Cc1cc(C)c2sc(NC(=O)C3c4ccccc4Oc4ccccc43)nc2c1.